The molecule has 0 aliphatic carbocycles. The lowest BCUT2D eigenvalue weighted by molar-refractivity contribution is -0.151. The molecule has 6 heteroatoms. The lowest BCUT2D eigenvalue weighted by atomic mass is 10.0. The largest absolute Gasteiger partial charge is 0.287 e. The van der Waals surface area contributed by atoms with Crippen LogP contribution in [0, 0.1) is 0 Å². The first kappa shape index (κ1) is 26.4. The fourth-order valence-corrected chi connectivity index (χ4v) is 3.60. The van der Waals surface area contributed by atoms with Crippen LogP contribution in [0.15, 0.2) is 0 Å². The number of carbonyl (C=O) groups is 1. The van der Waals surface area contributed by atoms with Crippen molar-refractivity contribution in [3.63, 3.8) is 0 Å². The van der Waals surface area contributed by atoms with Gasteiger partial charge in [-0.1, -0.05) is 96.8 Å². The Labute approximate surface area is 168 Å². The van der Waals surface area contributed by atoms with E-state index in [1.807, 2.05) is 0 Å². The zero-order valence-corrected chi connectivity index (χ0v) is 18.8. The second-order valence-corrected chi connectivity index (χ2v) is 9.35. The molecule has 0 N–H and O–H groups in total. The van der Waals surface area contributed by atoms with E-state index in [0.29, 0.717) is 6.42 Å². The van der Waals surface area contributed by atoms with Crippen LogP contribution in [0.1, 0.15) is 117 Å². The summed E-state index contributed by atoms with van der Waals surface area (Å²) in [5.41, 5.74) is 0. The molecule has 0 saturated heterocycles. The van der Waals surface area contributed by atoms with Gasteiger partial charge >= 0.3 is 0 Å². The average molecular weight is 406 g/mol. The predicted octanol–water partition coefficient (Wildman–Crippen LogP) is 5.99. The molecule has 0 rings (SSSR count). The molecular formula is C21H43NO4S. The molecule has 0 saturated carbocycles. The summed E-state index contributed by atoms with van der Waals surface area (Å²) in [6.07, 6.45) is 19.5. The molecule has 0 aliphatic rings. The number of hydroxylamine groups is 2. The van der Waals surface area contributed by atoms with E-state index in [2.05, 4.69) is 11.2 Å². The second-order valence-electron chi connectivity index (χ2n) is 7.51. The highest BCUT2D eigenvalue weighted by atomic mass is 32.2. The monoisotopic (exact) mass is 405 g/mol. The van der Waals surface area contributed by atoms with Crippen molar-refractivity contribution in [3.05, 3.63) is 0 Å². The van der Waals surface area contributed by atoms with Crippen molar-refractivity contribution >= 4 is 16.0 Å². The summed E-state index contributed by atoms with van der Waals surface area (Å²) in [5, 5.41) is 0.850. The minimum atomic E-state index is -3.62. The molecule has 0 aromatic heterocycles. The number of hydrogen-bond donors (Lipinski definition) is 0. The molecule has 0 bridgehead atoms. The number of unbranched alkanes of at least 4 members (excludes halogenated alkanes) is 14. The summed E-state index contributed by atoms with van der Waals surface area (Å²) in [5.74, 6) is -0.412. The van der Waals surface area contributed by atoms with E-state index < -0.39 is 10.1 Å². The Morgan fingerprint density at radius 2 is 1.07 bits per heavy atom. The van der Waals surface area contributed by atoms with Gasteiger partial charge in [0.15, 0.2) is 0 Å². The van der Waals surface area contributed by atoms with Crippen molar-refractivity contribution in [2.24, 2.45) is 0 Å². The summed E-state index contributed by atoms with van der Waals surface area (Å²) in [6.45, 7) is 3.75. The van der Waals surface area contributed by atoms with Gasteiger partial charge in [-0.2, -0.15) is 8.42 Å². The third-order valence-electron chi connectivity index (χ3n) is 4.92. The SMILES string of the molecule is CCCCCCCCCCCCCCCCCC(=O)N(C)OS(=O)(=O)CC. The Kier molecular flexibility index (Phi) is 17.1. The highest BCUT2D eigenvalue weighted by Crippen LogP contribution is 2.14. The van der Waals surface area contributed by atoms with Gasteiger partial charge in [0, 0.05) is 13.5 Å². The fourth-order valence-electron chi connectivity index (χ4n) is 3.07. The third-order valence-corrected chi connectivity index (χ3v) is 6.08. The zero-order chi connectivity index (χ0) is 20.4. The molecule has 0 spiro atoms. The van der Waals surface area contributed by atoms with Crippen LogP contribution in [0.25, 0.3) is 0 Å². The van der Waals surface area contributed by atoms with Crippen LogP contribution in [-0.2, 0) is 19.2 Å². The summed E-state index contributed by atoms with van der Waals surface area (Å²) in [6, 6.07) is 0. The molecule has 0 aliphatic heterocycles. The maximum Gasteiger partial charge on any atom is 0.287 e. The average Bonchev–Trinajstić information content (AvgIpc) is 2.64. The number of carbonyl (C=O) groups excluding carboxylic acids is 1. The molecule has 0 aromatic carbocycles. The van der Waals surface area contributed by atoms with Crippen molar-refractivity contribution in [3.8, 4) is 0 Å². The van der Waals surface area contributed by atoms with Gasteiger partial charge in [-0.25, -0.2) is 5.06 Å². The van der Waals surface area contributed by atoms with E-state index in [4.69, 9.17) is 0 Å². The minimum absolute atomic E-state index is 0.135. The summed E-state index contributed by atoms with van der Waals surface area (Å²) in [4.78, 5) is 11.8. The van der Waals surface area contributed by atoms with Gasteiger partial charge in [0.25, 0.3) is 10.1 Å². The van der Waals surface area contributed by atoms with E-state index >= 15 is 0 Å². The van der Waals surface area contributed by atoms with Crippen LogP contribution in [0.3, 0.4) is 0 Å². The molecule has 1 amide bonds. The topological polar surface area (TPSA) is 63.7 Å². The van der Waals surface area contributed by atoms with E-state index in [9.17, 15) is 13.2 Å². The van der Waals surface area contributed by atoms with Gasteiger partial charge < -0.3 is 0 Å². The van der Waals surface area contributed by atoms with Crippen molar-refractivity contribution < 1.29 is 17.5 Å². The van der Waals surface area contributed by atoms with Crippen molar-refractivity contribution in [1.29, 1.82) is 0 Å². The summed E-state index contributed by atoms with van der Waals surface area (Å²) >= 11 is 0. The van der Waals surface area contributed by atoms with Crippen LogP contribution < -0.4 is 0 Å². The Balaban J connectivity index is 3.36. The normalized spacial score (nSPS) is 11.7. The Bertz CT molecular complexity index is 451. The van der Waals surface area contributed by atoms with Crippen LogP contribution in [-0.4, -0.2) is 32.2 Å². The standard InChI is InChI=1S/C21H43NO4S/c1-4-6-7-8-9-10-11-12-13-14-15-16-17-18-19-20-21(23)22(3)26-27(24,25)5-2/h4-20H2,1-3H3. The highest BCUT2D eigenvalue weighted by Gasteiger charge is 2.16. The van der Waals surface area contributed by atoms with E-state index in [1.54, 1.807) is 0 Å². The second kappa shape index (κ2) is 17.5. The van der Waals surface area contributed by atoms with Gasteiger partial charge in [0.2, 0.25) is 5.91 Å². The molecule has 0 atom stereocenters. The van der Waals surface area contributed by atoms with Crippen molar-refractivity contribution in [2.75, 3.05) is 12.8 Å². The lowest BCUT2D eigenvalue weighted by Gasteiger charge is -2.15. The molecule has 0 aromatic rings. The Morgan fingerprint density at radius 3 is 1.44 bits per heavy atom. The van der Waals surface area contributed by atoms with Gasteiger partial charge in [-0.3, -0.25) is 4.79 Å². The minimum Gasteiger partial charge on any atom is -0.273 e. The van der Waals surface area contributed by atoms with Gasteiger partial charge in [0.05, 0.1) is 5.75 Å². The first-order valence-electron chi connectivity index (χ1n) is 11.1. The van der Waals surface area contributed by atoms with Gasteiger partial charge in [-0.15, -0.1) is 4.28 Å². The Hall–Kier alpha value is -0.620. The molecule has 27 heavy (non-hydrogen) atoms. The molecule has 0 heterocycles. The molecule has 0 unspecified atom stereocenters. The Morgan fingerprint density at radius 1 is 0.704 bits per heavy atom. The quantitative estimate of drug-likeness (QED) is 0.196. The fraction of sp³-hybridized carbons (Fsp3) is 0.952. The van der Waals surface area contributed by atoms with E-state index in [0.717, 1.165) is 24.3 Å². The number of rotatable bonds is 19. The van der Waals surface area contributed by atoms with Crippen LogP contribution in [0.2, 0.25) is 0 Å². The van der Waals surface area contributed by atoms with E-state index in [1.165, 1.54) is 91.0 Å². The van der Waals surface area contributed by atoms with Crippen LogP contribution >= 0.6 is 0 Å². The number of amides is 1. The first-order valence-corrected chi connectivity index (χ1v) is 12.7. The van der Waals surface area contributed by atoms with Gasteiger partial charge in [-0.05, 0) is 13.3 Å². The summed E-state index contributed by atoms with van der Waals surface area (Å²) in [7, 11) is -2.26. The smallest absolute Gasteiger partial charge is 0.273 e. The van der Waals surface area contributed by atoms with E-state index in [-0.39, 0.29) is 11.7 Å². The third kappa shape index (κ3) is 17.2. The van der Waals surface area contributed by atoms with Crippen molar-refractivity contribution in [2.45, 2.75) is 117 Å². The maximum absolute atomic E-state index is 11.8. The molecule has 162 valence electrons. The van der Waals surface area contributed by atoms with Crippen molar-refractivity contribution in [1.82, 2.24) is 5.06 Å². The molecular weight excluding hydrogens is 362 g/mol. The first-order chi connectivity index (χ1) is 12.9. The molecule has 0 radical (unpaired) electrons. The van der Waals surface area contributed by atoms with Crippen LogP contribution in [0.4, 0.5) is 0 Å². The zero-order valence-electron chi connectivity index (χ0n) is 18.0. The maximum atomic E-state index is 11.8. The molecule has 0 fully saturated rings. The summed E-state index contributed by atoms with van der Waals surface area (Å²) < 4.78 is 27.3. The number of hydrogen-bond acceptors (Lipinski definition) is 4. The van der Waals surface area contributed by atoms with Crippen LogP contribution in [0.5, 0.6) is 0 Å². The highest BCUT2D eigenvalue weighted by molar-refractivity contribution is 7.86. The predicted molar refractivity (Wildman–Crippen MR) is 113 cm³/mol. The molecule has 5 nitrogen and oxygen atoms in total. The number of nitrogens with zero attached hydrogens (tertiary/aromatic N) is 1. The van der Waals surface area contributed by atoms with Gasteiger partial charge in [0.1, 0.15) is 0 Å². The lowest BCUT2D eigenvalue weighted by Crippen LogP contribution is -2.30.